The van der Waals surface area contributed by atoms with Gasteiger partial charge in [-0.15, -0.1) is 0 Å². The van der Waals surface area contributed by atoms with Crippen LogP contribution in [0.3, 0.4) is 0 Å². The largest absolute Gasteiger partial charge is 0.493 e. The number of carbonyl (C=O) groups excluding carboxylic acids is 2. The van der Waals surface area contributed by atoms with E-state index in [4.69, 9.17) is 14.2 Å². The third kappa shape index (κ3) is 4.85. The average Bonchev–Trinajstić information content (AvgIpc) is 2.64. The van der Waals surface area contributed by atoms with Gasteiger partial charge in [0.05, 0.1) is 37.6 Å². The van der Waals surface area contributed by atoms with Crippen LogP contribution in [0.15, 0.2) is 12.1 Å². The zero-order valence-electron chi connectivity index (χ0n) is 16.3. The van der Waals surface area contributed by atoms with Crippen molar-refractivity contribution in [2.75, 3.05) is 39.0 Å². The second-order valence-corrected chi connectivity index (χ2v) is 6.56. The molecule has 1 aromatic carbocycles. The van der Waals surface area contributed by atoms with Crippen LogP contribution in [0.1, 0.15) is 31.1 Å². The summed E-state index contributed by atoms with van der Waals surface area (Å²) in [4.78, 5) is 25.8. The molecule has 26 heavy (non-hydrogen) atoms. The van der Waals surface area contributed by atoms with Crippen molar-refractivity contribution < 1.29 is 23.8 Å². The second-order valence-electron chi connectivity index (χ2n) is 5.78. The first-order valence-corrected chi connectivity index (χ1v) is 9.23. The quantitative estimate of drug-likeness (QED) is 0.556. The molecule has 0 bridgehead atoms. The highest BCUT2D eigenvalue weighted by Crippen LogP contribution is 2.42. The summed E-state index contributed by atoms with van der Waals surface area (Å²) in [6, 6.07) is 3.28. The number of ether oxygens (including phenoxy) is 3. The number of anilines is 1. The monoisotopic (exact) mass is 379 g/mol. The van der Waals surface area contributed by atoms with Gasteiger partial charge in [0.15, 0.2) is 11.5 Å². The Kier molecular flexibility index (Phi) is 7.84. The number of benzene rings is 1. The Hall–Kier alpha value is -2.33. The third-order valence-corrected chi connectivity index (χ3v) is 4.32. The maximum absolute atomic E-state index is 12.4. The summed E-state index contributed by atoms with van der Waals surface area (Å²) in [6.07, 6.45) is 1.68. The van der Waals surface area contributed by atoms with Gasteiger partial charge in [0.2, 0.25) is 0 Å². The van der Waals surface area contributed by atoms with Crippen LogP contribution in [0, 0.1) is 11.8 Å². The fraction of sp³-hybridized carbons (Fsp3) is 0.474. The molecule has 7 heteroatoms. The van der Waals surface area contributed by atoms with Gasteiger partial charge in [0, 0.05) is 7.05 Å². The summed E-state index contributed by atoms with van der Waals surface area (Å²) in [6.45, 7) is 5.69. The van der Waals surface area contributed by atoms with Gasteiger partial charge in [-0.2, -0.15) is 0 Å². The molecule has 1 rings (SSSR count). The first-order chi connectivity index (χ1) is 12.2. The van der Waals surface area contributed by atoms with Crippen LogP contribution in [-0.4, -0.2) is 50.8 Å². The Balaban J connectivity index is 3.57. The molecule has 0 atom stereocenters. The lowest BCUT2D eigenvalue weighted by Crippen LogP contribution is -2.41. The minimum Gasteiger partial charge on any atom is -0.493 e. The van der Waals surface area contributed by atoms with Gasteiger partial charge in [-0.3, -0.25) is 4.79 Å². The van der Waals surface area contributed by atoms with Crippen molar-refractivity contribution in [2.45, 2.75) is 26.3 Å². The molecular formula is C19H25NO5S. The normalized spacial score (nSPS) is 10.4. The Bertz CT molecular complexity index is 733. The predicted octanol–water partition coefficient (Wildman–Crippen LogP) is 2.99. The molecule has 0 amide bonds. The maximum atomic E-state index is 12.4. The van der Waals surface area contributed by atoms with Crippen molar-refractivity contribution in [3.63, 3.8) is 0 Å². The topological polar surface area (TPSA) is 65.1 Å². The number of carbonyl (C=O) groups is 2. The smallest absolute Gasteiger partial charge is 0.340 e. The summed E-state index contributed by atoms with van der Waals surface area (Å²) in [5, 5.41) is -0.227. The molecule has 0 N–H and O–H groups in total. The van der Waals surface area contributed by atoms with Crippen LogP contribution in [0.2, 0.25) is 0 Å². The van der Waals surface area contributed by atoms with E-state index in [-0.39, 0.29) is 11.7 Å². The van der Waals surface area contributed by atoms with Crippen molar-refractivity contribution in [3.05, 3.63) is 17.7 Å². The van der Waals surface area contributed by atoms with E-state index >= 15 is 0 Å². The van der Waals surface area contributed by atoms with Gasteiger partial charge in [0.1, 0.15) is 0 Å². The zero-order valence-corrected chi connectivity index (χ0v) is 17.1. The van der Waals surface area contributed by atoms with Gasteiger partial charge in [-0.25, -0.2) is 4.79 Å². The molecule has 0 fully saturated rings. The molecular weight excluding hydrogens is 354 g/mol. The number of methoxy groups -OCH3 is 2. The summed E-state index contributed by atoms with van der Waals surface area (Å²) >= 11 is 1.05. The molecule has 0 radical (unpaired) electrons. The minimum atomic E-state index is -0.758. The molecule has 0 unspecified atom stereocenters. The van der Waals surface area contributed by atoms with E-state index in [1.54, 1.807) is 37.3 Å². The van der Waals surface area contributed by atoms with E-state index < -0.39 is 11.5 Å². The lowest BCUT2D eigenvalue weighted by molar-refractivity contribution is -0.106. The minimum absolute atomic E-state index is 0.227. The van der Waals surface area contributed by atoms with Crippen molar-refractivity contribution in [2.24, 2.45) is 0 Å². The van der Waals surface area contributed by atoms with Gasteiger partial charge in [0.25, 0.3) is 5.12 Å². The van der Waals surface area contributed by atoms with Crippen LogP contribution in [0.25, 0.3) is 0 Å². The van der Waals surface area contributed by atoms with Crippen molar-refractivity contribution in [1.29, 1.82) is 0 Å². The average molecular weight is 379 g/mol. The fourth-order valence-electron chi connectivity index (χ4n) is 2.24. The molecule has 0 saturated carbocycles. The predicted molar refractivity (Wildman–Crippen MR) is 104 cm³/mol. The fourth-order valence-corrected chi connectivity index (χ4v) is 2.39. The molecule has 0 heterocycles. The van der Waals surface area contributed by atoms with Crippen molar-refractivity contribution in [1.82, 2.24) is 0 Å². The van der Waals surface area contributed by atoms with E-state index in [9.17, 15) is 9.59 Å². The molecule has 0 saturated heterocycles. The Morgan fingerprint density at radius 1 is 1.23 bits per heavy atom. The molecule has 0 aliphatic rings. The molecule has 0 aliphatic heterocycles. The number of esters is 1. The Labute approximate surface area is 159 Å². The lowest BCUT2D eigenvalue weighted by atomic mass is 10.0. The van der Waals surface area contributed by atoms with E-state index in [2.05, 4.69) is 11.8 Å². The SMILES string of the molecule is CCOC(=O)c1ccc(OC)c(OC)c1N(C)C(C)(C)C#CC(=O)SC. The van der Waals surface area contributed by atoms with Crippen LogP contribution in [0.5, 0.6) is 11.5 Å². The number of rotatable bonds is 6. The first-order valence-electron chi connectivity index (χ1n) is 8.00. The van der Waals surface area contributed by atoms with E-state index in [1.807, 2.05) is 13.8 Å². The number of hydrogen-bond donors (Lipinski definition) is 0. The summed E-state index contributed by atoms with van der Waals surface area (Å²) in [5.41, 5.74) is 0.0611. The van der Waals surface area contributed by atoms with Gasteiger partial charge in [-0.05, 0) is 45.1 Å². The summed E-state index contributed by atoms with van der Waals surface area (Å²) in [7, 11) is 4.80. The Morgan fingerprint density at radius 3 is 2.38 bits per heavy atom. The van der Waals surface area contributed by atoms with Crippen LogP contribution < -0.4 is 14.4 Å². The molecule has 0 spiro atoms. The molecule has 6 nitrogen and oxygen atoms in total. The highest BCUT2D eigenvalue weighted by Gasteiger charge is 2.30. The lowest BCUT2D eigenvalue weighted by Gasteiger charge is -2.35. The van der Waals surface area contributed by atoms with Gasteiger partial charge >= 0.3 is 5.97 Å². The number of hydrogen-bond acceptors (Lipinski definition) is 7. The Morgan fingerprint density at radius 2 is 1.88 bits per heavy atom. The standard InChI is InChI=1S/C19H25NO5S/c1-8-25-18(22)13-9-10-14(23-5)17(24-6)16(13)20(4)19(2,3)12-11-15(21)26-7/h9-10H,8H2,1-7H3. The molecule has 0 aromatic heterocycles. The van der Waals surface area contributed by atoms with Crippen LogP contribution in [0.4, 0.5) is 5.69 Å². The highest BCUT2D eigenvalue weighted by molar-refractivity contribution is 8.13. The van der Waals surface area contributed by atoms with Crippen LogP contribution in [-0.2, 0) is 9.53 Å². The van der Waals surface area contributed by atoms with E-state index in [0.29, 0.717) is 22.7 Å². The van der Waals surface area contributed by atoms with Crippen molar-refractivity contribution >= 4 is 28.5 Å². The van der Waals surface area contributed by atoms with Crippen molar-refractivity contribution in [3.8, 4) is 23.3 Å². The van der Waals surface area contributed by atoms with E-state index in [1.165, 1.54) is 14.2 Å². The van der Waals surface area contributed by atoms with E-state index in [0.717, 1.165) is 11.8 Å². The summed E-state index contributed by atoms with van der Waals surface area (Å²) in [5.74, 6) is 5.96. The molecule has 0 aliphatic carbocycles. The number of thioether (sulfide) groups is 1. The highest BCUT2D eigenvalue weighted by atomic mass is 32.2. The molecule has 142 valence electrons. The zero-order chi connectivity index (χ0) is 19.9. The van der Waals surface area contributed by atoms with Gasteiger partial charge < -0.3 is 19.1 Å². The maximum Gasteiger partial charge on any atom is 0.340 e. The molecule has 1 aromatic rings. The first kappa shape index (κ1) is 21.7. The third-order valence-electron chi connectivity index (χ3n) is 3.84. The van der Waals surface area contributed by atoms with Gasteiger partial charge in [-0.1, -0.05) is 17.7 Å². The van der Waals surface area contributed by atoms with Crippen LogP contribution >= 0.6 is 11.8 Å². The second kappa shape index (κ2) is 9.39. The number of nitrogens with zero attached hydrogens (tertiary/aromatic N) is 1. The summed E-state index contributed by atoms with van der Waals surface area (Å²) < 4.78 is 16.0.